The summed E-state index contributed by atoms with van der Waals surface area (Å²) >= 11 is 0. The fourth-order valence-corrected chi connectivity index (χ4v) is 5.38. The monoisotopic (exact) mass is 449 g/mol. The fourth-order valence-electron chi connectivity index (χ4n) is 5.38. The highest BCUT2D eigenvalue weighted by Gasteiger charge is 2.26. The molecule has 174 valence electrons. The molecule has 0 unspecified atom stereocenters. The first kappa shape index (κ1) is 22.0. The number of fused-ring (bicyclic) bond motifs is 1. The molecule has 33 heavy (non-hydrogen) atoms. The number of likely N-dealkylation sites (tertiary alicyclic amines) is 2. The van der Waals surface area contributed by atoms with Crippen LogP contribution in [0.15, 0.2) is 30.6 Å². The molecule has 2 aliphatic rings. The van der Waals surface area contributed by atoms with Crippen LogP contribution in [0, 0.1) is 12.7 Å². The molecule has 2 aromatic heterocycles. The quantitative estimate of drug-likeness (QED) is 0.592. The highest BCUT2D eigenvalue weighted by Crippen LogP contribution is 2.29. The second-order valence-corrected chi connectivity index (χ2v) is 9.58. The van der Waals surface area contributed by atoms with Gasteiger partial charge in [-0.3, -0.25) is 9.69 Å². The lowest BCUT2D eigenvalue weighted by molar-refractivity contribution is 0.0722. The van der Waals surface area contributed by atoms with Crippen LogP contribution in [-0.2, 0) is 13.6 Å². The fraction of sp³-hybridized carbons (Fsp3) is 0.500. The Labute approximate surface area is 194 Å². The Kier molecular flexibility index (Phi) is 6.15. The van der Waals surface area contributed by atoms with Crippen molar-refractivity contribution >= 4 is 16.8 Å². The zero-order chi connectivity index (χ0) is 22.9. The van der Waals surface area contributed by atoms with Gasteiger partial charge in [-0.25, -0.2) is 14.4 Å². The smallest absolute Gasteiger partial charge is 0.257 e. The van der Waals surface area contributed by atoms with Gasteiger partial charge in [-0.2, -0.15) is 0 Å². The average molecular weight is 450 g/mol. The van der Waals surface area contributed by atoms with Crippen LogP contribution in [0.3, 0.4) is 0 Å². The molecule has 4 heterocycles. The van der Waals surface area contributed by atoms with Gasteiger partial charge in [0.2, 0.25) is 0 Å². The van der Waals surface area contributed by atoms with Gasteiger partial charge in [0.15, 0.2) is 0 Å². The van der Waals surface area contributed by atoms with Gasteiger partial charge in [0.05, 0.1) is 11.3 Å². The van der Waals surface area contributed by atoms with Crippen molar-refractivity contribution in [3.63, 3.8) is 0 Å². The molecule has 0 radical (unpaired) electrons. The summed E-state index contributed by atoms with van der Waals surface area (Å²) in [5.74, 6) is 0.932. The third kappa shape index (κ3) is 4.51. The summed E-state index contributed by atoms with van der Waals surface area (Å²) in [5, 5.41) is 0.979. The number of benzene rings is 1. The van der Waals surface area contributed by atoms with Crippen LogP contribution < -0.4 is 0 Å². The zero-order valence-corrected chi connectivity index (χ0v) is 19.6. The van der Waals surface area contributed by atoms with Crippen molar-refractivity contribution in [1.29, 1.82) is 0 Å². The van der Waals surface area contributed by atoms with Gasteiger partial charge in [0.25, 0.3) is 5.91 Å². The van der Waals surface area contributed by atoms with Crippen LogP contribution in [0.4, 0.5) is 4.39 Å². The maximum Gasteiger partial charge on any atom is 0.257 e. The Morgan fingerprint density at radius 1 is 1.15 bits per heavy atom. The molecule has 7 heteroatoms. The molecule has 5 rings (SSSR count). The molecule has 2 fully saturated rings. The minimum Gasteiger partial charge on any atom is -0.350 e. The summed E-state index contributed by atoms with van der Waals surface area (Å²) in [7, 11) is 2.01. The SMILES string of the molecule is Cc1nc([C@H]2CCCN(Cc3cn(C)c4ccc(F)cc34)C2)ncc1C(=O)N1CCCCC1. The summed E-state index contributed by atoms with van der Waals surface area (Å²) in [4.78, 5) is 26.7. The van der Waals surface area contributed by atoms with Crippen LogP contribution in [-0.4, -0.2) is 56.4 Å². The molecule has 1 aromatic carbocycles. The maximum atomic E-state index is 13.9. The Hall–Kier alpha value is -2.80. The number of halogens is 1. The van der Waals surface area contributed by atoms with Crippen LogP contribution in [0.1, 0.15) is 65.5 Å². The van der Waals surface area contributed by atoms with Gasteiger partial charge in [-0.15, -0.1) is 0 Å². The number of amides is 1. The van der Waals surface area contributed by atoms with E-state index >= 15 is 0 Å². The van der Waals surface area contributed by atoms with E-state index in [0.717, 1.165) is 86.4 Å². The molecule has 6 nitrogen and oxygen atoms in total. The summed E-state index contributed by atoms with van der Waals surface area (Å²) in [6.45, 7) is 6.23. The van der Waals surface area contributed by atoms with Crippen LogP contribution in [0.5, 0.6) is 0 Å². The molecule has 0 bridgehead atoms. The molecule has 0 saturated carbocycles. The van der Waals surface area contributed by atoms with E-state index in [2.05, 4.69) is 20.6 Å². The molecule has 1 amide bonds. The lowest BCUT2D eigenvalue weighted by Crippen LogP contribution is -2.36. The predicted molar refractivity (Wildman–Crippen MR) is 127 cm³/mol. The van der Waals surface area contributed by atoms with Gasteiger partial charge in [-0.05, 0) is 69.3 Å². The molecule has 0 N–H and O–H groups in total. The van der Waals surface area contributed by atoms with Crippen molar-refractivity contribution in [2.45, 2.75) is 51.5 Å². The number of carbonyl (C=O) groups is 1. The Morgan fingerprint density at radius 3 is 2.76 bits per heavy atom. The number of hydrogen-bond donors (Lipinski definition) is 0. The molecule has 2 aliphatic heterocycles. The van der Waals surface area contributed by atoms with E-state index in [1.54, 1.807) is 12.3 Å². The number of hydrogen-bond acceptors (Lipinski definition) is 4. The van der Waals surface area contributed by atoms with Crippen LogP contribution in [0.2, 0.25) is 0 Å². The van der Waals surface area contributed by atoms with E-state index in [-0.39, 0.29) is 17.6 Å². The van der Waals surface area contributed by atoms with Gasteiger partial charge >= 0.3 is 0 Å². The first-order valence-corrected chi connectivity index (χ1v) is 12.1. The first-order chi connectivity index (χ1) is 16.0. The van der Waals surface area contributed by atoms with Crippen LogP contribution in [0.25, 0.3) is 10.9 Å². The van der Waals surface area contributed by atoms with E-state index < -0.39 is 0 Å². The van der Waals surface area contributed by atoms with Gasteiger partial charge in [0, 0.05) is 62.4 Å². The highest BCUT2D eigenvalue weighted by atomic mass is 19.1. The molecular weight excluding hydrogens is 417 g/mol. The highest BCUT2D eigenvalue weighted by molar-refractivity contribution is 5.95. The number of aryl methyl sites for hydroxylation is 2. The van der Waals surface area contributed by atoms with E-state index in [4.69, 9.17) is 4.98 Å². The lowest BCUT2D eigenvalue weighted by Gasteiger charge is -2.32. The Balaban J connectivity index is 1.30. The van der Waals surface area contributed by atoms with E-state index in [1.807, 2.05) is 24.9 Å². The van der Waals surface area contributed by atoms with Crippen molar-refractivity contribution in [3.8, 4) is 0 Å². The number of rotatable bonds is 4. The molecule has 0 aliphatic carbocycles. The molecule has 2 saturated heterocycles. The van der Waals surface area contributed by atoms with E-state index in [0.29, 0.717) is 5.56 Å². The second-order valence-electron chi connectivity index (χ2n) is 9.58. The van der Waals surface area contributed by atoms with Crippen molar-refractivity contribution in [3.05, 3.63) is 59.1 Å². The van der Waals surface area contributed by atoms with E-state index in [9.17, 15) is 9.18 Å². The third-order valence-corrected chi connectivity index (χ3v) is 7.17. The second kappa shape index (κ2) is 9.21. The normalized spacial score (nSPS) is 19.8. The largest absolute Gasteiger partial charge is 0.350 e. The minimum atomic E-state index is -0.200. The average Bonchev–Trinajstić information content (AvgIpc) is 3.13. The maximum absolute atomic E-state index is 13.9. The summed E-state index contributed by atoms with van der Waals surface area (Å²) in [6, 6.07) is 5.00. The number of piperidine rings is 2. The summed E-state index contributed by atoms with van der Waals surface area (Å²) in [5.41, 5.74) is 3.60. The molecule has 1 atom stereocenters. The van der Waals surface area contributed by atoms with Crippen LogP contribution >= 0.6 is 0 Å². The predicted octanol–water partition coefficient (Wildman–Crippen LogP) is 4.42. The Bertz CT molecular complexity index is 1170. The molecule has 0 spiro atoms. The van der Waals surface area contributed by atoms with Crippen molar-refractivity contribution in [2.75, 3.05) is 26.2 Å². The first-order valence-electron chi connectivity index (χ1n) is 12.1. The van der Waals surface area contributed by atoms with Crippen molar-refractivity contribution in [1.82, 2.24) is 24.3 Å². The number of aromatic nitrogens is 3. The molecular formula is C26H32FN5O. The van der Waals surface area contributed by atoms with Gasteiger partial charge < -0.3 is 9.47 Å². The summed E-state index contributed by atoms with van der Waals surface area (Å²) < 4.78 is 15.9. The lowest BCUT2D eigenvalue weighted by atomic mass is 9.96. The number of nitrogens with zero attached hydrogens (tertiary/aromatic N) is 5. The third-order valence-electron chi connectivity index (χ3n) is 7.17. The minimum absolute atomic E-state index is 0.0622. The summed E-state index contributed by atoms with van der Waals surface area (Å²) in [6.07, 6.45) is 9.30. The van der Waals surface area contributed by atoms with Crippen molar-refractivity contribution < 1.29 is 9.18 Å². The van der Waals surface area contributed by atoms with Gasteiger partial charge in [-0.1, -0.05) is 0 Å². The van der Waals surface area contributed by atoms with Gasteiger partial charge in [0.1, 0.15) is 11.6 Å². The topological polar surface area (TPSA) is 54.3 Å². The standard InChI is InChI=1S/C26H32FN5O/c1-18-23(26(33)32-11-4-3-5-12-32)14-28-25(29-18)19-7-6-10-31(16-19)17-20-15-30(2)24-9-8-21(27)13-22(20)24/h8-9,13-15,19H,3-7,10-12,16-17H2,1-2H3/t19-/m0/s1. The Morgan fingerprint density at radius 2 is 1.97 bits per heavy atom. The zero-order valence-electron chi connectivity index (χ0n) is 19.6. The number of carbonyl (C=O) groups excluding carboxylic acids is 1. The van der Waals surface area contributed by atoms with Crippen molar-refractivity contribution in [2.24, 2.45) is 7.05 Å². The molecule has 3 aromatic rings. The van der Waals surface area contributed by atoms with E-state index in [1.165, 1.54) is 12.5 Å².